The summed E-state index contributed by atoms with van der Waals surface area (Å²) in [5.41, 5.74) is 5.59. The van der Waals surface area contributed by atoms with Crippen LogP contribution in [0.4, 0.5) is 0 Å². The molecule has 22 heavy (non-hydrogen) atoms. The number of hydrogen-bond donors (Lipinski definition) is 0. The Morgan fingerprint density at radius 2 is 1.36 bits per heavy atom. The van der Waals surface area contributed by atoms with Crippen molar-refractivity contribution < 1.29 is 0 Å². The first-order valence-electron chi connectivity index (χ1n) is 7.52. The van der Waals surface area contributed by atoms with Crippen LogP contribution in [0.3, 0.4) is 0 Å². The molecule has 0 amide bonds. The first kappa shape index (κ1) is 14.5. The van der Waals surface area contributed by atoms with E-state index in [1.165, 1.54) is 11.1 Å². The van der Waals surface area contributed by atoms with Gasteiger partial charge in [-0.25, -0.2) is 9.97 Å². The summed E-state index contributed by atoms with van der Waals surface area (Å²) in [5.74, 6) is 0. The van der Waals surface area contributed by atoms with E-state index in [9.17, 15) is 0 Å². The van der Waals surface area contributed by atoms with Crippen molar-refractivity contribution >= 4 is 0 Å². The molecule has 0 fully saturated rings. The molecule has 0 aliphatic carbocycles. The molecule has 1 aromatic heterocycles. The van der Waals surface area contributed by atoms with Crippen molar-refractivity contribution in [3.63, 3.8) is 0 Å². The summed E-state index contributed by atoms with van der Waals surface area (Å²) in [5, 5.41) is 0. The predicted molar refractivity (Wildman–Crippen MR) is 91.6 cm³/mol. The molecule has 0 saturated carbocycles. The average molecular weight is 288 g/mol. The largest absolute Gasteiger partial charge is 0.241 e. The van der Waals surface area contributed by atoms with Crippen LogP contribution in [0.2, 0.25) is 0 Å². The van der Waals surface area contributed by atoms with Gasteiger partial charge in [-0.15, -0.1) is 0 Å². The van der Waals surface area contributed by atoms with Crippen molar-refractivity contribution in [3.8, 4) is 22.4 Å². The van der Waals surface area contributed by atoms with E-state index in [-0.39, 0.29) is 5.41 Å². The molecule has 2 heteroatoms. The maximum absolute atomic E-state index is 4.45. The first-order valence-corrected chi connectivity index (χ1v) is 7.52. The van der Waals surface area contributed by atoms with E-state index in [1.807, 2.05) is 6.07 Å². The number of hydrogen-bond acceptors (Lipinski definition) is 2. The SMILES string of the molecule is CC(C)(C)c1cc(-c2cccc(-c3ccccc3)c2)ncn1. The zero-order valence-corrected chi connectivity index (χ0v) is 13.2. The molecule has 1 heterocycles. The van der Waals surface area contributed by atoms with E-state index in [0.717, 1.165) is 17.0 Å². The molecule has 0 radical (unpaired) electrons. The number of aromatic nitrogens is 2. The standard InChI is InChI=1S/C20H20N2/c1-20(2,3)19-13-18(21-14-22-19)17-11-7-10-16(12-17)15-8-5-4-6-9-15/h4-14H,1-3H3. The van der Waals surface area contributed by atoms with Gasteiger partial charge in [-0.05, 0) is 23.3 Å². The van der Waals surface area contributed by atoms with Gasteiger partial charge in [0, 0.05) is 16.7 Å². The highest BCUT2D eigenvalue weighted by Crippen LogP contribution is 2.27. The highest BCUT2D eigenvalue weighted by molar-refractivity contribution is 5.71. The lowest BCUT2D eigenvalue weighted by Gasteiger charge is -2.17. The third-order valence-electron chi connectivity index (χ3n) is 3.70. The Balaban J connectivity index is 2.03. The van der Waals surface area contributed by atoms with Crippen molar-refractivity contribution in [1.29, 1.82) is 0 Å². The smallest absolute Gasteiger partial charge is 0.116 e. The molecule has 0 aliphatic heterocycles. The Kier molecular flexibility index (Phi) is 3.76. The Morgan fingerprint density at radius 1 is 0.682 bits per heavy atom. The zero-order chi connectivity index (χ0) is 15.6. The van der Waals surface area contributed by atoms with Gasteiger partial charge < -0.3 is 0 Å². The van der Waals surface area contributed by atoms with Crippen LogP contribution in [0.25, 0.3) is 22.4 Å². The molecule has 0 atom stereocenters. The van der Waals surface area contributed by atoms with E-state index in [0.29, 0.717) is 0 Å². The summed E-state index contributed by atoms with van der Waals surface area (Å²) in [7, 11) is 0. The first-order chi connectivity index (χ1) is 10.5. The van der Waals surface area contributed by atoms with Crippen molar-refractivity contribution in [2.45, 2.75) is 26.2 Å². The third-order valence-corrected chi connectivity index (χ3v) is 3.70. The van der Waals surface area contributed by atoms with Gasteiger partial charge in [0.1, 0.15) is 6.33 Å². The monoisotopic (exact) mass is 288 g/mol. The molecule has 0 unspecified atom stereocenters. The normalized spacial score (nSPS) is 11.4. The molecule has 0 saturated heterocycles. The Hall–Kier alpha value is -2.48. The summed E-state index contributed by atoms with van der Waals surface area (Å²) in [4.78, 5) is 8.85. The molecule has 0 aliphatic rings. The Bertz CT molecular complexity index is 771. The van der Waals surface area contributed by atoms with Crippen molar-refractivity contribution in [1.82, 2.24) is 9.97 Å². The van der Waals surface area contributed by atoms with Crippen LogP contribution < -0.4 is 0 Å². The summed E-state index contributed by atoms with van der Waals surface area (Å²) in [6.45, 7) is 6.50. The van der Waals surface area contributed by atoms with E-state index in [1.54, 1.807) is 6.33 Å². The molecular weight excluding hydrogens is 268 g/mol. The third kappa shape index (κ3) is 3.06. The topological polar surface area (TPSA) is 25.8 Å². The van der Waals surface area contributed by atoms with Crippen LogP contribution in [0.1, 0.15) is 26.5 Å². The zero-order valence-electron chi connectivity index (χ0n) is 13.2. The molecule has 3 aromatic rings. The van der Waals surface area contributed by atoms with Gasteiger partial charge in [0.05, 0.1) is 5.69 Å². The minimum absolute atomic E-state index is 0.0225. The maximum Gasteiger partial charge on any atom is 0.116 e. The molecule has 2 aromatic carbocycles. The lowest BCUT2D eigenvalue weighted by atomic mass is 9.91. The second-order valence-corrected chi connectivity index (χ2v) is 6.49. The molecule has 110 valence electrons. The number of rotatable bonds is 2. The molecule has 0 bridgehead atoms. The summed E-state index contributed by atoms with van der Waals surface area (Å²) in [6.07, 6.45) is 1.66. The minimum atomic E-state index is 0.0225. The fraction of sp³-hybridized carbons (Fsp3) is 0.200. The van der Waals surface area contributed by atoms with Crippen LogP contribution in [0, 0.1) is 0 Å². The van der Waals surface area contributed by atoms with E-state index >= 15 is 0 Å². The Labute approximate surface area is 131 Å². The second-order valence-electron chi connectivity index (χ2n) is 6.49. The molecule has 3 rings (SSSR count). The summed E-state index contributed by atoms with van der Waals surface area (Å²) < 4.78 is 0. The minimum Gasteiger partial charge on any atom is -0.241 e. The van der Waals surface area contributed by atoms with Gasteiger partial charge >= 0.3 is 0 Å². The van der Waals surface area contributed by atoms with Gasteiger partial charge in [0.15, 0.2) is 0 Å². The second kappa shape index (κ2) is 5.72. The van der Waals surface area contributed by atoms with Gasteiger partial charge in [0.2, 0.25) is 0 Å². The van der Waals surface area contributed by atoms with Crippen molar-refractivity contribution in [2.75, 3.05) is 0 Å². The fourth-order valence-electron chi connectivity index (χ4n) is 2.41. The lowest BCUT2D eigenvalue weighted by Crippen LogP contribution is -2.13. The van der Waals surface area contributed by atoms with Gasteiger partial charge in [0.25, 0.3) is 0 Å². The van der Waals surface area contributed by atoms with Crippen molar-refractivity contribution in [2.24, 2.45) is 0 Å². The molecule has 2 nitrogen and oxygen atoms in total. The number of nitrogens with zero attached hydrogens (tertiary/aromatic N) is 2. The fourth-order valence-corrected chi connectivity index (χ4v) is 2.41. The number of benzene rings is 2. The quantitative estimate of drug-likeness (QED) is 0.655. The molecular formula is C20H20N2. The lowest BCUT2D eigenvalue weighted by molar-refractivity contribution is 0.567. The predicted octanol–water partition coefficient (Wildman–Crippen LogP) is 5.11. The van der Waals surface area contributed by atoms with E-state index < -0.39 is 0 Å². The van der Waals surface area contributed by atoms with Crippen LogP contribution in [0.15, 0.2) is 67.0 Å². The summed E-state index contributed by atoms with van der Waals surface area (Å²) in [6, 6.07) is 21.0. The average Bonchev–Trinajstić information content (AvgIpc) is 2.55. The highest BCUT2D eigenvalue weighted by Gasteiger charge is 2.16. The van der Waals surface area contributed by atoms with Crippen LogP contribution in [0.5, 0.6) is 0 Å². The maximum atomic E-state index is 4.45. The van der Waals surface area contributed by atoms with Crippen LogP contribution in [-0.4, -0.2) is 9.97 Å². The van der Waals surface area contributed by atoms with Gasteiger partial charge in [-0.1, -0.05) is 69.3 Å². The molecule has 0 N–H and O–H groups in total. The van der Waals surface area contributed by atoms with Crippen LogP contribution in [-0.2, 0) is 5.41 Å². The van der Waals surface area contributed by atoms with Gasteiger partial charge in [-0.3, -0.25) is 0 Å². The summed E-state index contributed by atoms with van der Waals surface area (Å²) >= 11 is 0. The Morgan fingerprint density at radius 3 is 2.09 bits per heavy atom. The van der Waals surface area contributed by atoms with Gasteiger partial charge in [-0.2, -0.15) is 0 Å². The highest BCUT2D eigenvalue weighted by atomic mass is 14.8. The van der Waals surface area contributed by atoms with Crippen molar-refractivity contribution in [3.05, 3.63) is 72.7 Å². The molecule has 0 spiro atoms. The van der Waals surface area contributed by atoms with E-state index in [2.05, 4.69) is 85.3 Å². The van der Waals surface area contributed by atoms with E-state index in [4.69, 9.17) is 0 Å². The van der Waals surface area contributed by atoms with Crippen LogP contribution >= 0.6 is 0 Å².